The van der Waals surface area contributed by atoms with Crippen LogP contribution >= 0.6 is 15.9 Å². The number of nitrogens with zero attached hydrogens (tertiary/aromatic N) is 2. The van der Waals surface area contributed by atoms with Crippen LogP contribution in [0.4, 0.5) is 5.69 Å². The summed E-state index contributed by atoms with van der Waals surface area (Å²) >= 11 is 3.51. The number of anilines is 1. The molecule has 0 bridgehead atoms. The average Bonchev–Trinajstić information content (AvgIpc) is 3.32. The first-order valence-corrected chi connectivity index (χ1v) is 10.4. The zero-order chi connectivity index (χ0) is 19.7. The molecule has 1 N–H and O–H groups in total. The number of rotatable bonds is 4. The summed E-state index contributed by atoms with van der Waals surface area (Å²) in [6, 6.07) is 5.89. The largest absolute Gasteiger partial charge is 0.365 e. The number of ether oxygens (including phenoxy) is 1. The molecule has 148 valence electrons. The van der Waals surface area contributed by atoms with Gasteiger partial charge in [0.05, 0.1) is 18.8 Å². The number of hydrogen-bond acceptors (Lipinski definition) is 4. The number of nitrogens with one attached hydrogen (secondary N) is 1. The van der Waals surface area contributed by atoms with Crippen molar-refractivity contribution < 1.29 is 14.3 Å². The van der Waals surface area contributed by atoms with Crippen LogP contribution in [-0.4, -0.2) is 61.0 Å². The molecule has 2 fully saturated rings. The lowest BCUT2D eigenvalue weighted by Crippen LogP contribution is -2.50. The number of aldehydes is 1. The zero-order valence-electron chi connectivity index (χ0n) is 15.9. The van der Waals surface area contributed by atoms with E-state index in [0.29, 0.717) is 31.3 Å². The highest BCUT2D eigenvalue weighted by molar-refractivity contribution is 9.10. The minimum atomic E-state index is -0.505. The van der Waals surface area contributed by atoms with E-state index in [1.54, 1.807) is 0 Å². The Balaban J connectivity index is 1.56. The molecule has 0 saturated carbocycles. The van der Waals surface area contributed by atoms with Crippen molar-refractivity contribution in [2.45, 2.75) is 19.4 Å². The van der Waals surface area contributed by atoms with Gasteiger partial charge in [0.1, 0.15) is 5.69 Å². The molecule has 2 aromatic rings. The van der Waals surface area contributed by atoms with Gasteiger partial charge >= 0.3 is 0 Å². The molecule has 1 amide bonds. The second-order valence-corrected chi connectivity index (χ2v) is 8.27. The topological polar surface area (TPSA) is 65.6 Å². The number of aromatic nitrogens is 1. The second-order valence-electron chi connectivity index (χ2n) is 7.36. The number of hydrogen-bond donors (Lipinski definition) is 1. The number of halogens is 1. The molecule has 4 rings (SSSR count). The fraction of sp³-hybridized carbons (Fsp3) is 0.429. The number of amides is 1. The second kappa shape index (κ2) is 8.09. The van der Waals surface area contributed by atoms with E-state index < -0.39 is 6.10 Å². The maximum absolute atomic E-state index is 13.0. The maximum Gasteiger partial charge on any atom is 0.253 e. The van der Waals surface area contributed by atoms with Crippen molar-refractivity contribution in [3.63, 3.8) is 0 Å². The van der Waals surface area contributed by atoms with E-state index in [1.165, 1.54) is 0 Å². The molecule has 28 heavy (non-hydrogen) atoms. The predicted molar refractivity (Wildman–Crippen MR) is 113 cm³/mol. The van der Waals surface area contributed by atoms with Crippen molar-refractivity contribution >= 4 is 44.7 Å². The molecule has 0 radical (unpaired) electrons. The third kappa shape index (κ3) is 3.61. The highest BCUT2D eigenvalue weighted by Gasteiger charge is 2.34. The number of H-pyrrole nitrogens is 1. The van der Waals surface area contributed by atoms with Crippen LogP contribution in [0.25, 0.3) is 10.9 Å². The van der Waals surface area contributed by atoms with Crippen molar-refractivity contribution in [1.82, 2.24) is 9.88 Å². The van der Waals surface area contributed by atoms with E-state index in [2.05, 4.69) is 31.9 Å². The molecule has 3 heterocycles. The third-order valence-electron chi connectivity index (χ3n) is 5.54. The molecule has 0 spiro atoms. The number of fused-ring (bicyclic) bond motifs is 1. The first-order valence-electron chi connectivity index (χ1n) is 9.65. The van der Waals surface area contributed by atoms with Crippen molar-refractivity contribution in [1.29, 1.82) is 0 Å². The lowest BCUT2D eigenvalue weighted by Gasteiger charge is -2.35. The van der Waals surface area contributed by atoms with E-state index >= 15 is 0 Å². The van der Waals surface area contributed by atoms with Gasteiger partial charge in [-0.05, 0) is 37.5 Å². The average molecular weight is 446 g/mol. The third-order valence-corrected chi connectivity index (χ3v) is 6.03. The SMILES string of the molecule is C/C=C/C1CCN(C(=O)C2CN(c3c(C=O)[nH]c4ccc(Br)cc34)CCO2)C1. The van der Waals surface area contributed by atoms with Crippen molar-refractivity contribution in [3.8, 4) is 0 Å². The zero-order valence-corrected chi connectivity index (χ0v) is 17.4. The lowest BCUT2D eigenvalue weighted by atomic mass is 10.1. The Morgan fingerprint density at radius 3 is 2.96 bits per heavy atom. The van der Waals surface area contributed by atoms with Gasteiger partial charge in [0.25, 0.3) is 5.91 Å². The molecular weight excluding hydrogens is 422 g/mol. The first-order chi connectivity index (χ1) is 13.6. The summed E-state index contributed by atoms with van der Waals surface area (Å²) in [6.45, 7) is 5.09. The Kier molecular flexibility index (Phi) is 5.55. The van der Waals surface area contributed by atoms with Crippen molar-refractivity contribution in [2.24, 2.45) is 5.92 Å². The van der Waals surface area contributed by atoms with Gasteiger partial charge in [0.2, 0.25) is 0 Å². The number of benzene rings is 1. The van der Waals surface area contributed by atoms with Crippen LogP contribution in [0.3, 0.4) is 0 Å². The van der Waals surface area contributed by atoms with Crippen LogP contribution in [0.2, 0.25) is 0 Å². The summed E-state index contributed by atoms with van der Waals surface area (Å²) in [5.41, 5.74) is 2.29. The molecule has 2 atom stereocenters. The smallest absolute Gasteiger partial charge is 0.253 e. The standard InChI is InChI=1S/C21H24BrN3O3/c1-2-3-14-6-7-25(11-14)21(27)19-12-24(8-9-28-19)20-16-10-15(22)4-5-17(16)23-18(20)13-26/h2-5,10,13-14,19,23H,6-9,11-12H2,1H3/b3-2+. The van der Waals surface area contributed by atoms with Gasteiger partial charge in [-0.15, -0.1) is 0 Å². The fourth-order valence-electron chi connectivity index (χ4n) is 4.22. The highest BCUT2D eigenvalue weighted by Crippen LogP contribution is 2.33. The van der Waals surface area contributed by atoms with E-state index in [9.17, 15) is 9.59 Å². The number of carbonyl (C=O) groups excluding carboxylic acids is 2. The normalized spacial score (nSPS) is 23.1. The number of allylic oxidation sites excluding steroid dienone is 1. The maximum atomic E-state index is 13.0. The summed E-state index contributed by atoms with van der Waals surface area (Å²) in [7, 11) is 0. The minimum Gasteiger partial charge on any atom is -0.365 e. The van der Waals surface area contributed by atoms with Gasteiger partial charge in [-0.1, -0.05) is 28.1 Å². The molecule has 2 aliphatic rings. The summed E-state index contributed by atoms with van der Waals surface area (Å²) in [5, 5.41) is 0.971. The summed E-state index contributed by atoms with van der Waals surface area (Å²) in [5.74, 6) is 0.478. The van der Waals surface area contributed by atoms with Crippen LogP contribution in [0.15, 0.2) is 34.8 Å². The van der Waals surface area contributed by atoms with Crippen LogP contribution in [0.5, 0.6) is 0 Å². The van der Waals surface area contributed by atoms with Crippen LogP contribution in [-0.2, 0) is 9.53 Å². The van der Waals surface area contributed by atoms with Gasteiger partial charge < -0.3 is 19.5 Å². The molecule has 6 nitrogen and oxygen atoms in total. The highest BCUT2D eigenvalue weighted by atomic mass is 79.9. The molecule has 7 heteroatoms. The van der Waals surface area contributed by atoms with E-state index in [-0.39, 0.29) is 5.91 Å². The number of likely N-dealkylation sites (tertiary alicyclic amines) is 1. The van der Waals surface area contributed by atoms with Crippen LogP contribution in [0.1, 0.15) is 23.8 Å². The van der Waals surface area contributed by atoms with E-state index in [0.717, 1.165) is 46.9 Å². The van der Waals surface area contributed by atoms with Crippen molar-refractivity contribution in [2.75, 3.05) is 37.7 Å². The molecule has 2 aliphatic heterocycles. The fourth-order valence-corrected chi connectivity index (χ4v) is 4.58. The predicted octanol–water partition coefficient (Wildman–Crippen LogP) is 3.37. The van der Waals surface area contributed by atoms with Gasteiger partial charge in [0.15, 0.2) is 12.4 Å². The number of aromatic amines is 1. The summed E-state index contributed by atoms with van der Waals surface area (Å²) < 4.78 is 6.78. The minimum absolute atomic E-state index is 0.0466. The Hall–Kier alpha value is -2.12. The van der Waals surface area contributed by atoms with Crippen LogP contribution in [0, 0.1) is 5.92 Å². The Labute approximate surface area is 172 Å². The van der Waals surface area contributed by atoms with Gasteiger partial charge in [0, 0.05) is 35.0 Å². The van der Waals surface area contributed by atoms with Gasteiger partial charge in [-0.2, -0.15) is 0 Å². The van der Waals surface area contributed by atoms with E-state index in [1.807, 2.05) is 36.1 Å². The van der Waals surface area contributed by atoms with Crippen LogP contribution < -0.4 is 4.90 Å². The quantitative estimate of drug-likeness (QED) is 0.578. The number of carbonyl (C=O) groups is 2. The molecule has 2 saturated heterocycles. The molecule has 0 aliphatic carbocycles. The summed E-state index contributed by atoms with van der Waals surface area (Å²) in [6.07, 6.45) is 5.56. The molecule has 1 aromatic carbocycles. The number of morpholine rings is 1. The first kappa shape index (κ1) is 19.2. The Morgan fingerprint density at radius 1 is 1.32 bits per heavy atom. The van der Waals surface area contributed by atoms with Gasteiger partial charge in [-0.3, -0.25) is 9.59 Å². The van der Waals surface area contributed by atoms with Crippen molar-refractivity contribution in [3.05, 3.63) is 40.5 Å². The monoisotopic (exact) mass is 445 g/mol. The van der Waals surface area contributed by atoms with Gasteiger partial charge in [-0.25, -0.2) is 0 Å². The molecular formula is C21H24BrN3O3. The Morgan fingerprint density at radius 2 is 2.18 bits per heavy atom. The molecule has 1 aromatic heterocycles. The summed E-state index contributed by atoms with van der Waals surface area (Å²) in [4.78, 5) is 31.9. The van der Waals surface area contributed by atoms with E-state index in [4.69, 9.17) is 4.74 Å². The molecule has 2 unspecified atom stereocenters. The Bertz CT molecular complexity index is 923. The lowest BCUT2D eigenvalue weighted by molar-refractivity contribution is -0.143.